The summed E-state index contributed by atoms with van der Waals surface area (Å²) >= 11 is 0. The number of aliphatic hydroxyl groups is 23. The summed E-state index contributed by atoms with van der Waals surface area (Å²) in [6, 6.07) is -1.75. The molecule has 0 spiro atoms. The Morgan fingerprint density at radius 1 is 0.170 bits per heavy atom. The predicted molar refractivity (Wildman–Crippen MR) is 263 cm³/mol. The first-order valence-electron chi connectivity index (χ1n) is 28.2. The molecule has 0 saturated carbocycles. The van der Waals surface area contributed by atoms with Gasteiger partial charge in [0, 0.05) is 0 Å². The second kappa shape index (κ2) is 30.0. The van der Waals surface area contributed by atoms with Crippen molar-refractivity contribution in [2.24, 2.45) is 5.73 Å². The van der Waals surface area contributed by atoms with Gasteiger partial charge >= 0.3 is 0 Å². The van der Waals surface area contributed by atoms with Crippen LogP contribution in [0.25, 0.3) is 0 Å². The van der Waals surface area contributed by atoms with E-state index in [9.17, 15) is 117 Å². The Kier molecular flexibility index (Phi) is 24.1. The van der Waals surface area contributed by atoms with E-state index >= 15 is 0 Å². The lowest BCUT2D eigenvalue weighted by Gasteiger charge is -2.50. The van der Waals surface area contributed by atoms with Crippen molar-refractivity contribution >= 4 is 0 Å². The lowest BCUT2D eigenvalue weighted by molar-refractivity contribution is -0.401. The van der Waals surface area contributed by atoms with Gasteiger partial charge in [-0.1, -0.05) is 0 Å². The van der Waals surface area contributed by atoms with Crippen molar-refractivity contribution in [1.82, 2.24) is 0 Å². The first-order valence-corrected chi connectivity index (χ1v) is 28.2. The monoisotopic (exact) mass is 1300 g/mol. The summed E-state index contributed by atoms with van der Waals surface area (Å²) in [7, 11) is 0. The summed E-state index contributed by atoms with van der Waals surface area (Å²) in [5.41, 5.74) is 6.32. The Morgan fingerprint density at radius 2 is 0.295 bits per heavy atom. The zero-order valence-corrected chi connectivity index (χ0v) is 46.1. The van der Waals surface area contributed by atoms with Crippen molar-refractivity contribution in [2.45, 2.75) is 246 Å². The molecule has 40 atom stereocenters. The van der Waals surface area contributed by atoms with E-state index in [-0.39, 0.29) is 0 Å². The molecule has 0 radical (unpaired) electrons. The van der Waals surface area contributed by atoms with E-state index in [2.05, 4.69) is 0 Å². The molecule has 0 aromatic rings. The van der Waals surface area contributed by atoms with Crippen LogP contribution >= 0.6 is 0 Å². The minimum Gasteiger partial charge on any atom is -0.394 e. The fourth-order valence-corrected chi connectivity index (χ4v) is 11.9. The molecule has 21 aliphatic rings. The fourth-order valence-electron chi connectivity index (χ4n) is 11.9. The van der Waals surface area contributed by atoms with Crippen LogP contribution in [-0.4, -0.2) is 416 Å². The van der Waals surface area contributed by atoms with E-state index in [1.165, 1.54) is 0 Å². The van der Waals surface area contributed by atoms with E-state index in [1.807, 2.05) is 0 Å². The van der Waals surface area contributed by atoms with Crippen LogP contribution in [0.3, 0.4) is 0 Å². The average Bonchev–Trinajstić information content (AvgIpc) is 1.02. The number of aliphatic hydroxyl groups excluding tert-OH is 23. The second-order valence-corrected chi connectivity index (χ2v) is 22.5. The Labute approximate surface area is 496 Å². The van der Waals surface area contributed by atoms with Gasteiger partial charge < -0.3 is 199 Å². The maximum Gasteiger partial charge on any atom is 0.187 e. The van der Waals surface area contributed by atoms with Crippen LogP contribution in [0.5, 0.6) is 0 Å². The molecule has 512 valence electrons. The van der Waals surface area contributed by atoms with Crippen molar-refractivity contribution in [2.75, 3.05) is 52.9 Å². The second-order valence-electron chi connectivity index (χ2n) is 22.5. The summed E-state index contributed by atoms with van der Waals surface area (Å²) in [6.45, 7) is -8.48. The van der Waals surface area contributed by atoms with Crippen LogP contribution in [-0.2, 0) is 75.8 Å². The third-order valence-electron chi connectivity index (χ3n) is 17.0. The van der Waals surface area contributed by atoms with E-state index in [4.69, 9.17) is 81.5 Å². The molecule has 16 bridgehead atoms. The van der Waals surface area contributed by atoms with Crippen LogP contribution in [0.1, 0.15) is 0 Å². The highest BCUT2D eigenvalue weighted by atomic mass is 16.8. The van der Waals surface area contributed by atoms with E-state index in [0.717, 1.165) is 0 Å². The molecule has 21 rings (SSSR count). The highest BCUT2D eigenvalue weighted by molar-refractivity contribution is 5.03. The summed E-state index contributed by atoms with van der Waals surface area (Å²) in [4.78, 5) is 0. The smallest absolute Gasteiger partial charge is 0.187 e. The lowest BCUT2D eigenvalue weighted by Crippen LogP contribution is -2.69. The topological polar surface area (TPSA) is 639 Å². The van der Waals surface area contributed by atoms with Gasteiger partial charge in [0.1, 0.15) is 189 Å². The molecule has 21 fully saturated rings. The Balaban J connectivity index is 0.975. The van der Waals surface area contributed by atoms with Gasteiger partial charge in [-0.25, -0.2) is 0 Å². The van der Waals surface area contributed by atoms with E-state index < -0.39 is 298 Å². The number of rotatable bonds is 8. The van der Waals surface area contributed by atoms with Gasteiger partial charge in [-0.2, -0.15) is 0 Å². The van der Waals surface area contributed by atoms with Gasteiger partial charge in [-0.05, 0) is 0 Å². The molecule has 21 aliphatic heterocycles. The highest BCUT2D eigenvalue weighted by Gasteiger charge is 2.60. The molecule has 88 heavy (non-hydrogen) atoms. The molecule has 21 saturated heterocycles. The average molecular weight is 1300 g/mol. The Hall–Kier alpha value is -1.60. The SMILES string of the molecule is N[C@@H]1[C@@H]2O[C@H]3[C@H](O)[C@@H](O)[C@@H](O[C@H]4[C@H](O)[C@@H](O)[C@@H](O[C@H]5[C@H](O)[C@@H](O)[C@@H](O[C@H]6[C@H](O)[C@@H](O)[C@@H](O[C@H]7[C@H](O)[C@@H](O)[C@@H](O[C@H]8[C@H](O)[C@@H](O)[C@@H](O[C@H]9[C@H](O)[C@@H](O)[C@@H](O[C@@H]([C@@H]1O)[C@@H](CO)O2)O[C@@H]9CO)O[C@@H]8CO)O[C@@H]7CO)O[C@@H]6CO)O[C@@H]5CO)O[C@@H]4CO)O[C@@H]3CO. The maximum absolute atomic E-state index is 11.5. The first kappa shape index (κ1) is 70.7. The third-order valence-corrected chi connectivity index (χ3v) is 17.0. The molecular weight excluding hydrogens is 1210 g/mol. The quantitative estimate of drug-likeness (QED) is 0.107. The number of nitrogens with two attached hydrogens (primary N) is 1. The van der Waals surface area contributed by atoms with Crippen molar-refractivity contribution < 1.29 is 193 Å². The largest absolute Gasteiger partial charge is 0.394 e. The predicted octanol–water partition coefficient (Wildman–Crippen LogP) is -17.4. The van der Waals surface area contributed by atoms with Gasteiger partial charge in [0.25, 0.3) is 0 Å². The molecular formula is C48H81NO39. The number of hydrogen-bond donors (Lipinski definition) is 24. The van der Waals surface area contributed by atoms with Gasteiger partial charge in [0.15, 0.2) is 50.3 Å². The van der Waals surface area contributed by atoms with Gasteiger partial charge in [0.2, 0.25) is 0 Å². The number of ether oxygens (including phenoxy) is 16. The summed E-state index contributed by atoms with van der Waals surface area (Å²) in [6.07, 6.45) is -78.4. The zero-order valence-electron chi connectivity index (χ0n) is 46.1. The summed E-state index contributed by atoms with van der Waals surface area (Å²) in [5.74, 6) is 0. The molecule has 40 nitrogen and oxygen atoms in total. The molecule has 40 heteroatoms. The van der Waals surface area contributed by atoms with Crippen LogP contribution in [0.2, 0.25) is 0 Å². The van der Waals surface area contributed by atoms with Crippen LogP contribution in [0.15, 0.2) is 0 Å². The van der Waals surface area contributed by atoms with Crippen LogP contribution < -0.4 is 5.73 Å². The normalized spacial score (nSPS) is 55.4. The minimum atomic E-state index is -2.24. The zero-order chi connectivity index (χ0) is 64.1. The highest BCUT2D eigenvalue weighted by Crippen LogP contribution is 2.39. The van der Waals surface area contributed by atoms with Crippen molar-refractivity contribution in [3.8, 4) is 0 Å². The summed E-state index contributed by atoms with van der Waals surface area (Å²) in [5, 5.41) is 254. The summed E-state index contributed by atoms with van der Waals surface area (Å²) < 4.78 is 91.6. The van der Waals surface area contributed by atoms with Crippen molar-refractivity contribution in [3.05, 3.63) is 0 Å². The van der Waals surface area contributed by atoms with E-state index in [1.54, 1.807) is 0 Å². The first-order chi connectivity index (χ1) is 41.9. The Morgan fingerprint density at radius 3 is 0.443 bits per heavy atom. The third kappa shape index (κ3) is 13.8. The molecule has 21 heterocycles. The molecule has 25 N–H and O–H groups in total. The van der Waals surface area contributed by atoms with Crippen LogP contribution in [0, 0.1) is 0 Å². The molecule has 0 aliphatic carbocycles. The number of hydrogen-bond acceptors (Lipinski definition) is 40. The van der Waals surface area contributed by atoms with Crippen LogP contribution in [0.4, 0.5) is 0 Å². The minimum absolute atomic E-state index is 1.02. The van der Waals surface area contributed by atoms with Crippen molar-refractivity contribution in [1.29, 1.82) is 0 Å². The van der Waals surface area contributed by atoms with Gasteiger partial charge in [-0.3, -0.25) is 0 Å². The van der Waals surface area contributed by atoms with Crippen molar-refractivity contribution in [3.63, 3.8) is 0 Å². The molecule has 0 amide bonds. The maximum atomic E-state index is 11.5. The van der Waals surface area contributed by atoms with E-state index in [0.29, 0.717) is 0 Å². The Bertz CT molecular complexity index is 1710. The standard InChI is InChI=1S/C48H81NO39/c49-17-18(58)33-9(1-50)73-41(17)81-34-10(2-51)74-43(26(66)19(34)59)83-36-12(4-53)76-45(28(68)21(36)61)85-38-14(6-55)78-47(30(70)23(38)63)87-40-16(8-57)80-48(32(72)25(40)65)88-39-15(7-56)79-46(31(71)24(39)64)86-37-13(5-54)77-44(29(69)22(37)62)84-35-11(3-52)75-42(82-33)27(67)20(35)60/h9-48,50-72H,1-8,49H2/t9-,10-,11-,12-,13-,14-,15-,16-,17+,18-,19-,20-,21-,22-,23-,24-,25-,26-,27-,28-,29-,30-,31-,32-,33-,34-,35-,36-,37-,38-,39-,40-,41+,42-,43-,44-,45-,46-,47-,48-/m1/s1. The lowest BCUT2D eigenvalue weighted by atomic mass is 9.94. The fraction of sp³-hybridized carbons (Fsp3) is 1.00. The molecule has 0 unspecified atom stereocenters. The van der Waals surface area contributed by atoms with Gasteiger partial charge in [-0.15, -0.1) is 0 Å². The molecule has 0 aromatic carbocycles. The van der Waals surface area contributed by atoms with Gasteiger partial charge in [0.05, 0.1) is 58.9 Å². The molecule has 0 aromatic heterocycles.